The summed E-state index contributed by atoms with van der Waals surface area (Å²) >= 11 is 0. The second-order valence-electron chi connectivity index (χ2n) is 7.28. The molecule has 0 bridgehead atoms. The molecule has 0 amide bonds. The van der Waals surface area contributed by atoms with Crippen LogP contribution in [0.2, 0.25) is 0 Å². The van der Waals surface area contributed by atoms with Gasteiger partial charge in [0.15, 0.2) is 0 Å². The Morgan fingerprint density at radius 1 is 0.917 bits per heavy atom. The van der Waals surface area contributed by atoms with Gasteiger partial charge in [-0.05, 0) is 64.2 Å². The van der Waals surface area contributed by atoms with Crippen molar-refractivity contribution in [1.29, 1.82) is 0 Å². The summed E-state index contributed by atoms with van der Waals surface area (Å²) in [6, 6.07) is 0. The van der Waals surface area contributed by atoms with Gasteiger partial charge in [-0.2, -0.15) is 0 Å². The monoisotopic (exact) mass is 336 g/mol. The molecule has 0 atom stereocenters. The highest BCUT2D eigenvalue weighted by atomic mass is 16.5. The first-order valence-corrected chi connectivity index (χ1v) is 9.66. The average Bonchev–Trinajstić information content (AvgIpc) is 2.57. The first-order chi connectivity index (χ1) is 11.6. The number of esters is 2. The van der Waals surface area contributed by atoms with Gasteiger partial charge in [-0.1, -0.05) is 25.8 Å². The molecule has 2 saturated carbocycles. The molecular formula is C20H32O4. The van der Waals surface area contributed by atoms with Crippen molar-refractivity contribution in [2.75, 3.05) is 0 Å². The van der Waals surface area contributed by atoms with Gasteiger partial charge in [-0.15, -0.1) is 0 Å². The second kappa shape index (κ2) is 9.85. The Bertz CT molecular complexity index is 427. The number of ether oxygens (including phenoxy) is 2. The number of hydrogen-bond donors (Lipinski definition) is 0. The Morgan fingerprint density at radius 3 is 2.08 bits per heavy atom. The lowest BCUT2D eigenvalue weighted by atomic mass is 9.84. The zero-order valence-electron chi connectivity index (χ0n) is 15.2. The van der Waals surface area contributed by atoms with Crippen LogP contribution in [0.4, 0.5) is 0 Å². The molecule has 0 aromatic heterocycles. The molecule has 0 heterocycles. The summed E-state index contributed by atoms with van der Waals surface area (Å²) in [7, 11) is 0. The van der Waals surface area contributed by atoms with E-state index in [2.05, 4.69) is 6.92 Å². The lowest BCUT2D eigenvalue weighted by molar-refractivity contribution is -0.158. The molecule has 0 aliphatic heterocycles. The molecule has 24 heavy (non-hydrogen) atoms. The van der Waals surface area contributed by atoms with E-state index in [-0.39, 0.29) is 30.1 Å². The van der Waals surface area contributed by atoms with Crippen molar-refractivity contribution < 1.29 is 19.1 Å². The van der Waals surface area contributed by atoms with Gasteiger partial charge in [0.25, 0.3) is 0 Å². The quantitative estimate of drug-likeness (QED) is 0.527. The standard InChI is InChI=1S/C20H32O4/c1-3-5-15-7-11-18(12-8-15)24-20(22)16-9-13-17(14-10-16)23-19(21)6-4-2/h4,6,15-18H,3,5,7-14H2,1-2H3/b6-4+/t15-,16-,17-,18-. The zero-order chi connectivity index (χ0) is 17.4. The molecule has 0 unspecified atom stereocenters. The van der Waals surface area contributed by atoms with Gasteiger partial charge in [0.05, 0.1) is 5.92 Å². The van der Waals surface area contributed by atoms with Gasteiger partial charge < -0.3 is 9.47 Å². The maximum Gasteiger partial charge on any atom is 0.330 e. The Labute approximate surface area is 146 Å². The first-order valence-electron chi connectivity index (χ1n) is 9.66. The van der Waals surface area contributed by atoms with Crippen LogP contribution < -0.4 is 0 Å². The lowest BCUT2D eigenvalue weighted by Crippen LogP contribution is -2.32. The topological polar surface area (TPSA) is 52.6 Å². The molecule has 2 aliphatic rings. The third kappa shape index (κ3) is 5.95. The smallest absolute Gasteiger partial charge is 0.330 e. The highest BCUT2D eigenvalue weighted by Gasteiger charge is 2.31. The predicted octanol–water partition coefficient (Wildman–Crippen LogP) is 4.57. The van der Waals surface area contributed by atoms with E-state index in [9.17, 15) is 9.59 Å². The van der Waals surface area contributed by atoms with Crippen molar-refractivity contribution in [2.45, 2.75) is 90.3 Å². The highest BCUT2D eigenvalue weighted by molar-refractivity contribution is 5.82. The van der Waals surface area contributed by atoms with E-state index in [4.69, 9.17) is 9.47 Å². The van der Waals surface area contributed by atoms with Crippen molar-refractivity contribution >= 4 is 11.9 Å². The molecule has 0 spiro atoms. The van der Waals surface area contributed by atoms with Crippen molar-refractivity contribution in [1.82, 2.24) is 0 Å². The highest BCUT2D eigenvalue weighted by Crippen LogP contribution is 2.32. The minimum atomic E-state index is -0.285. The van der Waals surface area contributed by atoms with Gasteiger partial charge in [0.1, 0.15) is 12.2 Å². The number of allylic oxidation sites excluding steroid dienone is 1. The molecule has 4 heteroatoms. The van der Waals surface area contributed by atoms with E-state index in [1.54, 1.807) is 13.0 Å². The molecule has 2 aliphatic carbocycles. The number of hydrogen-bond acceptors (Lipinski definition) is 4. The van der Waals surface area contributed by atoms with Crippen molar-refractivity contribution in [2.24, 2.45) is 11.8 Å². The van der Waals surface area contributed by atoms with Crippen LogP contribution in [-0.4, -0.2) is 24.1 Å². The molecule has 0 aromatic carbocycles. The third-order valence-electron chi connectivity index (χ3n) is 5.37. The van der Waals surface area contributed by atoms with Crippen LogP contribution in [0.3, 0.4) is 0 Å². The van der Waals surface area contributed by atoms with Gasteiger partial charge in [-0.25, -0.2) is 4.79 Å². The van der Waals surface area contributed by atoms with E-state index >= 15 is 0 Å². The normalized spacial score (nSPS) is 30.9. The van der Waals surface area contributed by atoms with Gasteiger partial charge in [-0.3, -0.25) is 4.79 Å². The van der Waals surface area contributed by atoms with E-state index < -0.39 is 0 Å². The van der Waals surface area contributed by atoms with E-state index in [0.717, 1.165) is 44.4 Å². The van der Waals surface area contributed by atoms with Crippen LogP contribution in [0.15, 0.2) is 12.2 Å². The average molecular weight is 336 g/mol. The summed E-state index contributed by atoms with van der Waals surface area (Å²) in [5.41, 5.74) is 0. The number of carbonyl (C=O) groups excluding carboxylic acids is 2. The Hall–Kier alpha value is -1.32. The molecule has 0 saturated heterocycles. The van der Waals surface area contributed by atoms with Crippen LogP contribution in [0.25, 0.3) is 0 Å². The summed E-state index contributed by atoms with van der Waals surface area (Å²) in [6.45, 7) is 4.03. The Morgan fingerprint density at radius 2 is 1.50 bits per heavy atom. The molecular weight excluding hydrogens is 304 g/mol. The van der Waals surface area contributed by atoms with Crippen LogP contribution in [0.5, 0.6) is 0 Å². The van der Waals surface area contributed by atoms with E-state index in [1.165, 1.54) is 31.8 Å². The molecule has 0 aromatic rings. The maximum absolute atomic E-state index is 12.4. The maximum atomic E-state index is 12.4. The second-order valence-corrected chi connectivity index (χ2v) is 7.28. The van der Waals surface area contributed by atoms with Crippen molar-refractivity contribution in [3.63, 3.8) is 0 Å². The largest absolute Gasteiger partial charge is 0.462 e. The van der Waals surface area contributed by atoms with Crippen LogP contribution in [-0.2, 0) is 19.1 Å². The Kier molecular flexibility index (Phi) is 7.80. The summed E-state index contributed by atoms with van der Waals surface area (Å²) in [5.74, 6) is 0.488. The van der Waals surface area contributed by atoms with Crippen LogP contribution >= 0.6 is 0 Å². The minimum absolute atomic E-state index is 0.0185. The molecule has 0 radical (unpaired) electrons. The molecule has 2 fully saturated rings. The zero-order valence-corrected chi connectivity index (χ0v) is 15.2. The summed E-state index contributed by atoms with van der Waals surface area (Å²) in [5, 5.41) is 0. The van der Waals surface area contributed by atoms with Crippen LogP contribution in [0.1, 0.15) is 78.1 Å². The Balaban J connectivity index is 1.67. The molecule has 2 rings (SSSR count). The first kappa shape index (κ1) is 19.0. The molecule has 0 N–H and O–H groups in total. The van der Waals surface area contributed by atoms with Gasteiger partial charge in [0, 0.05) is 6.08 Å². The number of rotatable bonds is 6. The third-order valence-corrected chi connectivity index (χ3v) is 5.37. The fraction of sp³-hybridized carbons (Fsp3) is 0.800. The molecule has 136 valence electrons. The van der Waals surface area contributed by atoms with Gasteiger partial charge in [0.2, 0.25) is 0 Å². The number of carbonyl (C=O) groups is 2. The predicted molar refractivity (Wildman–Crippen MR) is 93.4 cm³/mol. The van der Waals surface area contributed by atoms with Crippen molar-refractivity contribution in [3.05, 3.63) is 12.2 Å². The lowest BCUT2D eigenvalue weighted by Gasteiger charge is -2.31. The fourth-order valence-corrected chi connectivity index (χ4v) is 3.96. The summed E-state index contributed by atoms with van der Waals surface area (Å²) in [6.07, 6.45) is 13.2. The van der Waals surface area contributed by atoms with Gasteiger partial charge >= 0.3 is 11.9 Å². The molecule has 4 nitrogen and oxygen atoms in total. The SMILES string of the molecule is C/C=C/C(=O)O[C@H]1CC[C@H](C(=O)O[C@H]2CC[C@H](CCC)CC2)CC1. The summed E-state index contributed by atoms with van der Waals surface area (Å²) < 4.78 is 11.1. The van der Waals surface area contributed by atoms with E-state index in [0.29, 0.717) is 0 Å². The van der Waals surface area contributed by atoms with E-state index in [1.807, 2.05) is 0 Å². The fourth-order valence-electron chi connectivity index (χ4n) is 3.96. The van der Waals surface area contributed by atoms with Crippen molar-refractivity contribution in [3.8, 4) is 0 Å². The summed E-state index contributed by atoms with van der Waals surface area (Å²) in [4.78, 5) is 23.8. The minimum Gasteiger partial charge on any atom is -0.462 e. The van der Waals surface area contributed by atoms with Crippen LogP contribution in [0, 0.1) is 11.8 Å².